The summed E-state index contributed by atoms with van der Waals surface area (Å²) >= 11 is 1.24. The summed E-state index contributed by atoms with van der Waals surface area (Å²) < 4.78 is 5.36. The maximum absolute atomic E-state index is 5.36. The maximum atomic E-state index is 5.36. The van der Waals surface area contributed by atoms with Gasteiger partial charge in [0.15, 0.2) is 8.32 Å². The predicted octanol–water partition coefficient (Wildman–Crippen LogP) is 2.20. The van der Waals surface area contributed by atoms with Gasteiger partial charge in [0.1, 0.15) is 0 Å². The quantitative estimate of drug-likeness (QED) is 0.448. The fourth-order valence-corrected chi connectivity index (χ4v) is 1.90. The first-order valence-electron chi connectivity index (χ1n) is 2.52. The van der Waals surface area contributed by atoms with Gasteiger partial charge >= 0.3 is 0 Å². The average molecular weight is 148 g/mol. The molecule has 0 aromatic rings. The van der Waals surface area contributed by atoms with Gasteiger partial charge in [-0.05, 0) is 19.6 Å². The first kappa shape index (κ1) is 8.53. The third-order valence-corrected chi connectivity index (χ3v) is 2.03. The summed E-state index contributed by atoms with van der Waals surface area (Å²) in [7, 11) is -1.28. The first-order valence-corrected chi connectivity index (χ1v) is 6.97. The lowest BCUT2D eigenvalue weighted by Crippen LogP contribution is -2.24. The number of hydrogen-bond acceptors (Lipinski definition) is 2. The van der Waals surface area contributed by atoms with Crippen molar-refractivity contribution in [3.8, 4) is 0 Å². The van der Waals surface area contributed by atoms with Gasteiger partial charge in [0.25, 0.3) is 0 Å². The molecule has 0 bridgehead atoms. The normalized spacial score (nSPS) is 12.0. The van der Waals surface area contributed by atoms with Crippen molar-refractivity contribution < 1.29 is 4.43 Å². The molecular formula is C5H12OSSi. The molecule has 0 unspecified atom stereocenters. The second kappa shape index (κ2) is 3.53. The van der Waals surface area contributed by atoms with Gasteiger partial charge in [-0.2, -0.15) is 0 Å². The average Bonchev–Trinajstić information content (AvgIpc) is 1.59. The van der Waals surface area contributed by atoms with Crippen molar-refractivity contribution in [3.63, 3.8) is 0 Å². The molecule has 0 fully saturated rings. The van der Waals surface area contributed by atoms with Gasteiger partial charge in [-0.3, -0.25) is 0 Å². The van der Waals surface area contributed by atoms with E-state index in [4.69, 9.17) is 10.7 Å². The van der Waals surface area contributed by atoms with E-state index in [9.17, 15) is 0 Å². The Hall–Kier alpha value is 0.527. The van der Waals surface area contributed by atoms with Gasteiger partial charge in [0, 0.05) is 6.26 Å². The van der Waals surface area contributed by atoms with Crippen LogP contribution in [0.25, 0.3) is 0 Å². The van der Waals surface area contributed by atoms with Crippen LogP contribution in [0.5, 0.6) is 0 Å². The van der Waals surface area contributed by atoms with Gasteiger partial charge < -0.3 is 4.43 Å². The van der Waals surface area contributed by atoms with E-state index in [0.29, 0.717) is 5.94 Å². The fraction of sp³-hybridized carbons (Fsp3) is 0.800. The lowest BCUT2D eigenvalue weighted by molar-refractivity contribution is 0.389. The van der Waals surface area contributed by atoms with Crippen molar-refractivity contribution in [2.24, 2.45) is 0 Å². The Morgan fingerprint density at radius 1 is 1.50 bits per heavy atom. The van der Waals surface area contributed by atoms with Gasteiger partial charge in [0.05, 0.1) is 5.94 Å². The Bertz CT molecular complexity index is 59.9. The monoisotopic (exact) mass is 148 g/mol. The van der Waals surface area contributed by atoms with Crippen LogP contribution >= 0.6 is 11.8 Å². The van der Waals surface area contributed by atoms with E-state index in [2.05, 4.69) is 19.6 Å². The summed E-state index contributed by atoms with van der Waals surface area (Å²) in [5.41, 5.74) is 0. The van der Waals surface area contributed by atoms with Crippen molar-refractivity contribution in [2.75, 3.05) is 5.94 Å². The molecule has 0 aliphatic rings. The first-order chi connectivity index (χ1) is 3.56. The molecule has 0 rings (SSSR count). The fourth-order valence-electron chi connectivity index (χ4n) is 0.211. The third kappa shape index (κ3) is 6.53. The van der Waals surface area contributed by atoms with Crippen LogP contribution in [0.3, 0.4) is 0 Å². The Kier molecular flexibility index (Phi) is 3.77. The molecule has 8 heavy (non-hydrogen) atoms. The molecule has 0 aliphatic heterocycles. The molecule has 3 heteroatoms. The highest BCUT2D eigenvalue weighted by molar-refractivity contribution is 8.00. The van der Waals surface area contributed by atoms with E-state index < -0.39 is 8.32 Å². The zero-order valence-corrected chi connectivity index (χ0v) is 7.42. The predicted molar refractivity (Wildman–Crippen MR) is 41.2 cm³/mol. The summed E-state index contributed by atoms with van der Waals surface area (Å²) in [6, 6.07) is 0. The van der Waals surface area contributed by atoms with Crippen molar-refractivity contribution in [1.82, 2.24) is 0 Å². The molecule has 0 N–H and O–H groups in total. The highest BCUT2D eigenvalue weighted by Gasteiger charge is 2.12. The number of hydrogen-bond donors (Lipinski definition) is 0. The van der Waals surface area contributed by atoms with Crippen LogP contribution in [-0.2, 0) is 4.43 Å². The summed E-state index contributed by atoms with van der Waals surface area (Å²) in [4.78, 5) is 0. The van der Waals surface area contributed by atoms with Gasteiger partial charge in [-0.25, -0.2) is 0 Å². The minimum absolute atomic E-state index is 0.635. The molecule has 1 nitrogen and oxygen atoms in total. The van der Waals surface area contributed by atoms with E-state index in [1.54, 1.807) is 0 Å². The lowest BCUT2D eigenvalue weighted by atomic mass is 11.7. The highest BCUT2D eigenvalue weighted by Crippen LogP contribution is 2.06. The standard InChI is InChI=1S/C5H12OSSi/c1-7-5-6-8(2,3)4/h1H,5H2,2-4H3. The molecule has 0 aromatic heterocycles. The summed E-state index contributed by atoms with van der Waals surface area (Å²) in [6.45, 7) is 6.43. The Labute approximate surface area is 56.9 Å². The van der Waals surface area contributed by atoms with Crippen molar-refractivity contribution in [2.45, 2.75) is 19.6 Å². The SMILES string of the molecule is [CH]SCO[Si](C)(C)C. The summed E-state index contributed by atoms with van der Waals surface area (Å²) in [6.07, 6.45) is 5.15. The molecule has 48 valence electrons. The van der Waals surface area contributed by atoms with E-state index in [-0.39, 0.29) is 0 Å². The van der Waals surface area contributed by atoms with Crippen LogP contribution in [0.4, 0.5) is 0 Å². The Balaban J connectivity index is 3.11. The molecule has 0 amide bonds. The molecule has 0 saturated carbocycles. The number of thioether (sulfide) groups is 1. The van der Waals surface area contributed by atoms with Crippen molar-refractivity contribution in [3.05, 3.63) is 6.26 Å². The van der Waals surface area contributed by atoms with E-state index >= 15 is 0 Å². The molecule has 0 atom stereocenters. The van der Waals surface area contributed by atoms with E-state index in [1.165, 1.54) is 11.8 Å². The van der Waals surface area contributed by atoms with E-state index in [1.807, 2.05) is 0 Å². The molecule has 0 aromatic carbocycles. The Morgan fingerprint density at radius 2 is 2.00 bits per heavy atom. The molecule has 0 heterocycles. The molecule has 0 spiro atoms. The summed E-state index contributed by atoms with van der Waals surface area (Å²) in [5.74, 6) is 0.635. The Morgan fingerprint density at radius 3 is 2.12 bits per heavy atom. The third-order valence-electron chi connectivity index (χ3n) is 0.560. The molecule has 2 radical (unpaired) electrons. The van der Waals surface area contributed by atoms with Crippen molar-refractivity contribution in [1.29, 1.82) is 0 Å². The van der Waals surface area contributed by atoms with E-state index in [0.717, 1.165) is 0 Å². The van der Waals surface area contributed by atoms with Crippen LogP contribution in [0, 0.1) is 6.26 Å². The maximum Gasteiger partial charge on any atom is 0.184 e. The molecule has 0 aliphatic carbocycles. The highest BCUT2D eigenvalue weighted by atomic mass is 32.2. The van der Waals surface area contributed by atoms with Crippen LogP contribution in [0.2, 0.25) is 19.6 Å². The second-order valence-corrected chi connectivity index (χ2v) is 7.62. The summed E-state index contributed by atoms with van der Waals surface area (Å²) in [5, 5.41) is 0. The van der Waals surface area contributed by atoms with Gasteiger partial charge in [-0.1, -0.05) is 0 Å². The second-order valence-electron chi connectivity index (χ2n) is 2.54. The van der Waals surface area contributed by atoms with Crippen LogP contribution in [0.15, 0.2) is 0 Å². The zero-order valence-electron chi connectivity index (χ0n) is 5.60. The molecular weight excluding hydrogens is 136 g/mol. The zero-order chi connectivity index (χ0) is 6.62. The van der Waals surface area contributed by atoms with Crippen LogP contribution in [0.1, 0.15) is 0 Å². The minimum atomic E-state index is -1.28. The van der Waals surface area contributed by atoms with Gasteiger partial charge in [0.2, 0.25) is 0 Å². The smallest absolute Gasteiger partial charge is 0.184 e. The van der Waals surface area contributed by atoms with Crippen molar-refractivity contribution >= 4 is 20.1 Å². The van der Waals surface area contributed by atoms with Gasteiger partial charge in [-0.15, -0.1) is 11.8 Å². The minimum Gasteiger partial charge on any atom is -0.409 e. The lowest BCUT2D eigenvalue weighted by Gasteiger charge is -2.15. The van der Waals surface area contributed by atoms with Crippen LogP contribution in [-0.4, -0.2) is 14.3 Å². The number of rotatable bonds is 3. The molecule has 0 saturated heterocycles. The largest absolute Gasteiger partial charge is 0.409 e. The van der Waals surface area contributed by atoms with Crippen LogP contribution < -0.4 is 0 Å². The topological polar surface area (TPSA) is 9.23 Å².